The number of hydrogen-bond donors (Lipinski definition) is 1. The topological polar surface area (TPSA) is 95.0 Å². The van der Waals surface area contributed by atoms with Gasteiger partial charge in [-0.25, -0.2) is 13.2 Å². The average Bonchev–Trinajstić information content (AvgIpc) is 2.77. The van der Waals surface area contributed by atoms with Crippen molar-refractivity contribution >= 4 is 15.9 Å². The van der Waals surface area contributed by atoms with Crippen LogP contribution in [0.5, 0.6) is 0 Å². The molecule has 0 spiro atoms. The zero-order valence-corrected chi connectivity index (χ0v) is 8.99. The van der Waals surface area contributed by atoms with Gasteiger partial charge in [-0.15, -0.1) is 0 Å². The molecule has 82 valence electrons. The molecule has 0 aromatic carbocycles. The first kappa shape index (κ1) is 10.2. The van der Waals surface area contributed by atoms with Crippen LogP contribution in [0.25, 0.3) is 0 Å². The summed E-state index contributed by atoms with van der Waals surface area (Å²) in [6.45, 7) is 0. The molecule has 1 saturated carbocycles. The molecule has 1 fully saturated rings. The van der Waals surface area contributed by atoms with Crippen LogP contribution in [-0.4, -0.2) is 30.5 Å². The minimum Gasteiger partial charge on any atom is -0.350 e. The molecule has 2 rings (SSSR count). The van der Waals surface area contributed by atoms with E-state index in [1.165, 1.54) is 18.5 Å². The number of sulfone groups is 1. The van der Waals surface area contributed by atoms with E-state index in [4.69, 9.17) is 5.73 Å². The third-order valence-electron chi connectivity index (χ3n) is 2.70. The number of primary amides is 1. The minimum absolute atomic E-state index is 0.406. The van der Waals surface area contributed by atoms with Gasteiger partial charge in [0.05, 0.1) is 5.69 Å². The van der Waals surface area contributed by atoms with Crippen molar-refractivity contribution in [3.8, 4) is 0 Å². The van der Waals surface area contributed by atoms with Crippen molar-refractivity contribution in [1.82, 2.24) is 9.78 Å². The van der Waals surface area contributed by atoms with Gasteiger partial charge in [0.1, 0.15) is 4.75 Å². The van der Waals surface area contributed by atoms with Gasteiger partial charge < -0.3 is 5.73 Å². The maximum atomic E-state index is 11.5. The highest BCUT2D eigenvalue weighted by molar-refractivity contribution is 7.91. The molecule has 7 heteroatoms. The predicted octanol–water partition coefficient (Wildman–Crippen LogP) is -0.156. The Hall–Kier alpha value is -1.37. The summed E-state index contributed by atoms with van der Waals surface area (Å²) in [4.78, 5) is 10.8. The lowest BCUT2D eigenvalue weighted by molar-refractivity contribution is 0.247. The molecule has 0 atom stereocenters. The van der Waals surface area contributed by atoms with Crippen LogP contribution < -0.4 is 5.73 Å². The van der Waals surface area contributed by atoms with Gasteiger partial charge in [-0.05, 0) is 18.9 Å². The van der Waals surface area contributed by atoms with Gasteiger partial charge in [-0.3, -0.25) is 0 Å². The number of nitrogens with zero attached hydrogens (tertiary/aromatic N) is 2. The second-order valence-corrected chi connectivity index (χ2v) is 6.08. The normalized spacial score (nSPS) is 18.7. The number of carbonyl (C=O) groups is 1. The van der Waals surface area contributed by atoms with E-state index in [0.717, 1.165) is 4.68 Å². The predicted molar refractivity (Wildman–Crippen MR) is 53.0 cm³/mol. The molecule has 0 radical (unpaired) electrons. The zero-order chi connectivity index (χ0) is 11.3. The van der Waals surface area contributed by atoms with Gasteiger partial charge in [0.2, 0.25) is 0 Å². The lowest BCUT2D eigenvalue weighted by Gasteiger charge is -2.08. The first-order valence-electron chi connectivity index (χ1n) is 4.42. The van der Waals surface area contributed by atoms with Crippen molar-refractivity contribution in [2.45, 2.75) is 17.6 Å². The third kappa shape index (κ3) is 1.43. The summed E-state index contributed by atoms with van der Waals surface area (Å²) in [6, 6.07) is 0.810. The van der Waals surface area contributed by atoms with Crippen LogP contribution in [0.15, 0.2) is 12.3 Å². The Morgan fingerprint density at radius 1 is 1.60 bits per heavy atom. The number of carbonyl (C=O) groups excluding carboxylic acids is 1. The molecular formula is C8H11N3O3S. The Morgan fingerprint density at radius 3 is 2.53 bits per heavy atom. The number of aromatic nitrogens is 2. The fraction of sp³-hybridized carbons (Fsp3) is 0.500. The number of hydrogen-bond acceptors (Lipinski definition) is 4. The van der Waals surface area contributed by atoms with Crippen molar-refractivity contribution in [1.29, 1.82) is 0 Å². The van der Waals surface area contributed by atoms with Crippen molar-refractivity contribution in [3.63, 3.8) is 0 Å². The molecule has 1 heterocycles. The lowest BCUT2D eigenvalue weighted by atomic mass is 10.3. The standard InChI is InChI=1S/C8H11N3O3S/c1-15(13,14)8(3-4-8)6-2-5-11(10-6)7(9)12/h2,5H,3-4H2,1H3,(H2,9,12). The molecule has 1 aliphatic carbocycles. The van der Waals surface area contributed by atoms with E-state index in [0.29, 0.717) is 18.5 Å². The van der Waals surface area contributed by atoms with Gasteiger partial charge in [0.25, 0.3) is 0 Å². The van der Waals surface area contributed by atoms with E-state index in [1.54, 1.807) is 0 Å². The summed E-state index contributed by atoms with van der Waals surface area (Å²) in [5.41, 5.74) is 5.42. The van der Waals surface area contributed by atoms with E-state index < -0.39 is 20.6 Å². The zero-order valence-electron chi connectivity index (χ0n) is 8.17. The molecule has 0 unspecified atom stereocenters. The molecule has 6 nitrogen and oxygen atoms in total. The van der Waals surface area contributed by atoms with Gasteiger partial charge in [0.15, 0.2) is 9.84 Å². The Labute approximate surface area is 87.0 Å². The van der Waals surface area contributed by atoms with Gasteiger partial charge in [-0.2, -0.15) is 9.78 Å². The quantitative estimate of drug-likeness (QED) is 0.762. The van der Waals surface area contributed by atoms with E-state index in [1.807, 2.05) is 0 Å². The smallest absolute Gasteiger partial charge is 0.339 e. The third-order valence-corrected chi connectivity index (χ3v) is 4.73. The fourth-order valence-corrected chi connectivity index (χ4v) is 2.95. The average molecular weight is 229 g/mol. The molecule has 15 heavy (non-hydrogen) atoms. The van der Waals surface area contributed by atoms with Gasteiger partial charge >= 0.3 is 6.03 Å². The molecule has 1 amide bonds. The van der Waals surface area contributed by atoms with Crippen LogP contribution in [0.2, 0.25) is 0 Å². The monoisotopic (exact) mass is 229 g/mol. The van der Waals surface area contributed by atoms with Crippen LogP contribution in [-0.2, 0) is 14.6 Å². The summed E-state index contributed by atoms with van der Waals surface area (Å²) in [5.74, 6) is 0. The van der Waals surface area contributed by atoms with Crippen molar-refractivity contribution in [2.75, 3.05) is 6.26 Å². The molecule has 0 aliphatic heterocycles. The highest BCUT2D eigenvalue weighted by Crippen LogP contribution is 2.51. The molecule has 1 aromatic rings. The minimum atomic E-state index is -3.18. The Morgan fingerprint density at radius 2 is 2.20 bits per heavy atom. The van der Waals surface area contributed by atoms with Crippen molar-refractivity contribution < 1.29 is 13.2 Å². The van der Waals surface area contributed by atoms with Gasteiger partial charge in [-0.1, -0.05) is 0 Å². The summed E-state index contributed by atoms with van der Waals surface area (Å²) in [5, 5.41) is 3.87. The largest absolute Gasteiger partial charge is 0.350 e. The Kier molecular flexibility index (Phi) is 1.91. The fourth-order valence-electron chi connectivity index (χ4n) is 1.62. The highest BCUT2D eigenvalue weighted by atomic mass is 32.2. The van der Waals surface area contributed by atoms with Crippen LogP contribution in [0.4, 0.5) is 4.79 Å². The van der Waals surface area contributed by atoms with Crippen LogP contribution in [0.3, 0.4) is 0 Å². The number of rotatable bonds is 2. The van der Waals surface area contributed by atoms with Crippen LogP contribution in [0.1, 0.15) is 18.5 Å². The first-order valence-corrected chi connectivity index (χ1v) is 6.31. The molecule has 1 aliphatic rings. The van der Waals surface area contributed by atoms with E-state index in [9.17, 15) is 13.2 Å². The summed E-state index contributed by atoms with van der Waals surface area (Å²) >= 11 is 0. The molecule has 0 saturated heterocycles. The Balaban J connectivity index is 2.43. The van der Waals surface area contributed by atoms with Crippen molar-refractivity contribution in [2.24, 2.45) is 5.73 Å². The number of amides is 1. The van der Waals surface area contributed by atoms with Crippen LogP contribution in [0, 0.1) is 0 Å². The van der Waals surface area contributed by atoms with E-state index in [2.05, 4.69) is 5.10 Å². The molecule has 1 aromatic heterocycles. The summed E-state index contributed by atoms with van der Waals surface area (Å²) < 4.78 is 23.1. The van der Waals surface area contributed by atoms with Crippen molar-refractivity contribution in [3.05, 3.63) is 18.0 Å². The van der Waals surface area contributed by atoms with Crippen LogP contribution >= 0.6 is 0 Å². The lowest BCUT2D eigenvalue weighted by Crippen LogP contribution is -2.23. The van der Waals surface area contributed by atoms with E-state index in [-0.39, 0.29) is 0 Å². The second kappa shape index (κ2) is 2.82. The molecular weight excluding hydrogens is 218 g/mol. The SMILES string of the molecule is CS(=O)(=O)C1(c2ccn(C(N)=O)n2)CC1. The Bertz CT molecular complexity index is 513. The number of nitrogens with two attached hydrogens (primary N) is 1. The summed E-state index contributed by atoms with van der Waals surface area (Å²) in [7, 11) is -3.18. The molecule has 2 N–H and O–H groups in total. The summed E-state index contributed by atoms with van der Waals surface area (Å²) in [6.07, 6.45) is 3.68. The highest BCUT2D eigenvalue weighted by Gasteiger charge is 2.55. The van der Waals surface area contributed by atoms with Gasteiger partial charge in [0, 0.05) is 12.5 Å². The first-order chi connectivity index (χ1) is 6.87. The molecule has 0 bridgehead atoms. The maximum absolute atomic E-state index is 11.5. The maximum Gasteiger partial charge on any atom is 0.339 e. The second-order valence-electron chi connectivity index (χ2n) is 3.75. The van der Waals surface area contributed by atoms with E-state index >= 15 is 0 Å².